The minimum Gasteiger partial charge on any atom is -0.361 e. The van der Waals surface area contributed by atoms with Gasteiger partial charge in [0.25, 0.3) is 0 Å². The fourth-order valence-corrected chi connectivity index (χ4v) is 3.46. The van der Waals surface area contributed by atoms with E-state index in [1.807, 2.05) is 0 Å². The van der Waals surface area contributed by atoms with Crippen molar-refractivity contribution < 1.29 is 0 Å². The first-order valence-electron chi connectivity index (χ1n) is 8.12. The molecule has 2 atom stereocenters. The molecule has 0 aliphatic carbocycles. The molecule has 2 unspecified atom stereocenters. The Balaban J connectivity index is 1.62. The van der Waals surface area contributed by atoms with Crippen LogP contribution in [0.1, 0.15) is 37.1 Å². The van der Waals surface area contributed by atoms with Crippen molar-refractivity contribution >= 4 is 21.8 Å². The number of rotatable bonds is 4. The zero-order valence-corrected chi connectivity index (χ0v) is 13.4. The maximum Gasteiger partial charge on any atom is 0.0457 e. The maximum absolute atomic E-state index is 3.73. The third kappa shape index (κ3) is 2.43. The fourth-order valence-electron chi connectivity index (χ4n) is 3.46. The second-order valence-electron chi connectivity index (χ2n) is 6.19. The average molecular weight is 303 g/mol. The largest absolute Gasteiger partial charge is 0.361 e. The number of benzene rings is 2. The number of hydrogen-bond acceptors (Lipinski definition) is 1. The van der Waals surface area contributed by atoms with Gasteiger partial charge in [0.2, 0.25) is 0 Å². The first-order chi connectivity index (χ1) is 11.2. The zero-order chi connectivity index (χ0) is 15.8. The molecule has 0 saturated carbocycles. The number of aromatic amines is 2. The molecule has 2 aromatic heterocycles. The van der Waals surface area contributed by atoms with Gasteiger partial charge in [0.15, 0.2) is 0 Å². The Morgan fingerprint density at radius 3 is 1.61 bits per heavy atom. The van der Waals surface area contributed by atoms with Gasteiger partial charge >= 0.3 is 0 Å². The van der Waals surface area contributed by atoms with Gasteiger partial charge in [-0.3, -0.25) is 0 Å². The molecule has 0 fully saturated rings. The maximum atomic E-state index is 3.73. The van der Waals surface area contributed by atoms with Crippen LogP contribution in [0, 0.1) is 0 Å². The normalized spacial score (nSPS) is 14.3. The second-order valence-corrected chi connectivity index (χ2v) is 6.19. The van der Waals surface area contributed by atoms with E-state index in [1.54, 1.807) is 0 Å². The average Bonchev–Trinajstić information content (AvgIpc) is 3.19. The van der Waals surface area contributed by atoms with Crippen LogP contribution in [0.5, 0.6) is 0 Å². The first-order valence-corrected chi connectivity index (χ1v) is 8.12. The summed E-state index contributed by atoms with van der Waals surface area (Å²) in [5.74, 6) is 0. The summed E-state index contributed by atoms with van der Waals surface area (Å²) in [6, 6.07) is 17.5. The molecule has 0 radical (unpaired) electrons. The van der Waals surface area contributed by atoms with E-state index in [4.69, 9.17) is 0 Å². The molecule has 4 aromatic rings. The molecule has 116 valence electrons. The lowest BCUT2D eigenvalue weighted by atomic mass is 10.0. The Morgan fingerprint density at radius 2 is 1.13 bits per heavy atom. The van der Waals surface area contributed by atoms with Crippen LogP contribution in [0.15, 0.2) is 60.9 Å². The fraction of sp³-hybridized carbons (Fsp3) is 0.200. The van der Waals surface area contributed by atoms with Gasteiger partial charge in [0, 0.05) is 46.3 Å². The predicted octanol–water partition coefficient (Wildman–Crippen LogP) is 5.06. The number of aromatic nitrogens is 2. The Morgan fingerprint density at radius 1 is 0.696 bits per heavy atom. The van der Waals surface area contributed by atoms with Crippen LogP contribution in [0.3, 0.4) is 0 Å². The number of H-pyrrole nitrogens is 2. The zero-order valence-electron chi connectivity index (χ0n) is 13.4. The smallest absolute Gasteiger partial charge is 0.0457 e. The summed E-state index contributed by atoms with van der Waals surface area (Å²) in [6.45, 7) is 4.45. The van der Waals surface area contributed by atoms with Crippen molar-refractivity contribution in [1.82, 2.24) is 15.3 Å². The molecular formula is C20H21N3. The second kappa shape index (κ2) is 5.60. The molecule has 0 spiro atoms. The Bertz CT molecular complexity index is 870. The molecule has 0 aliphatic rings. The molecule has 0 bridgehead atoms. The molecule has 3 heteroatoms. The van der Waals surface area contributed by atoms with Gasteiger partial charge in [-0.15, -0.1) is 0 Å². The van der Waals surface area contributed by atoms with Crippen LogP contribution in [0.2, 0.25) is 0 Å². The van der Waals surface area contributed by atoms with Crippen molar-refractivity contribution in [2.24, 2.45) is 0 Å². The van der Waals surface area contributed by atoms with E-state index in [9.17, 15) is 0 Å². The summed E-state index contributed by atoms with van der Waals surface area (Å²) in [5, 5.41) is 6.31. The highest BCUT2D eigenvalue weighted by atomic mass is 14.9. The van der Waals surface area contributed by atoms with Crippen LogP contribution in [-0.4, -0.2) is 9.97 Å². The summed E-state index contributed by atoms with van der Waals surface area (Å²) >= 11 is 0. The van der Waals surface area contributed by atoms with E-state index >= 15 is 0 Å². The quantitative estimate of drug-likeness (QED) is 0.484. The molecule has 0 saturated heterocycles. The summed E-state index contributed by atoms with van der Waals surface area (Å²) in [7, 11) is 0. The monoisotopic (exact) mass is 303 g/mol. The van der Waals surface area contributed by atoms with Crippen molar-refractivity contribution in [3.63, 3.8) is 0 Å². The summed E-state index contributed by atoms with van der Waals surface area (Å²) in [6.07, 6.45) is 4.23. The van der Waals surface area contributed by atoms with Gasteiger partial charge in [-0.1, -0.05) is 36.4 Å². The van der Waals surface area contributed by atoms with E-state index in [0.29, 0.717) is 0 Å². The van der Waals surface area contributed by atoms with Crippen LogP contribution >= 0.6 is 0 Å². The van der Waals surface area contributed by atoms with Gasteiger partial charge in [-0.05, 0) is 37.1 Å². The van der Waals surface area contributed by atoms with Gasteiger partial charge in [-0.25, -0.2) is 0 Å². The topological polar surface area (TPSA) is 43.6 Å². The van der Waals surface area contributed by atoms with E-state index in [1.165, 1.54) is 32.9 Å². The lowest BCUT2D eigenvalue weighted by molar-refractivity contribution is 0.499. The molecule has 3 nitrogen and oxygen atoms in total. The van der Waals surface area contributed by atoms with Crippen molar-refractivity contribution in [1.29, 1.82) is 0 Å². The van der Waals surface area contributed by atoms with Gasteiger partial charge in [0.05, 0.1) is 0 Å². The van der Waals surface area contributed by atoms with Crippen molar-refractivity contribution in [2.45, 2.75) is 25.9 Å². The highest BCUT2D eigenvalue weighted by molar-refractivity contribution is 5.84. The highest BCUT2D eigenvalue weighted by Crippen LogP contribution is 2.28. The standard InChI is InChI=1S/C20H21N3/c1-13(17-11-21-19-9-5-3-7-15(17)19)23-14(2)18-12-22-20-10-6-4-8-16(18)20/h3-14,21-23H,1-2H3. The summed E-state index contributed by atoms with van der Waals surface area (Å²) in [4.78, 5) is 6.72. The number of nitrogens with one attached hydrogen (secondary N) is 3. The highest BCUT2D eigenvalue weighted by Gasteiger charge is 2.16. The number of hydrogen-bond donors (Lipinski definition) is 3. The van der Waals surface area contributed by atoms with Crippen molar-refractivity contribution in [3.8, 4) is 0 Å². The molecule has 0 aliphatic heterocycles. The van der Waals surface area contributed by atoms with Crippen LogP contribution in [0.25, 0.3) is 21.8 Å². The summed E-state index contributed by atoms with van der Waals surface area (Å²) < 4.78 is 0. The van der Waals surface area contributed by atoms with E-state index in [2.05, 4.69) is 90.1 Å². The summed E-state index contributed by atoms with van der Waals surface area (Å²) in [5.41, 5.74) is 5.01. The van der Waals surface area contributed by atoms with Crippen LogP contribution in [-0.2, 0) is 0 Å². The van der Waals surface area contributed by atoms with Crippen molar-refractivity contribution in [2.75, 3.05) is 0 Å². The molecule has 23 heavy (non-hydrogen) atoms. The molecule has 0 amide bonds. The molecule has 2 heterocycles. The molecule has 2 aromatic carbocycles. The van der Waals surface area contributed by atoms with Crippen LogP contribution in [0.4, 0.5) is 0 Å². The van der Waals surface area contributed by atoms with E-state index < -0.39 is 0 Å². The Hall–Kier alpha value is -2.52. The Kier molecular flexibility index (Phi) is 3.43. The van der Waals surface area contributed by atoms with Gasteiger partial charge < -0.3 is 15.3 Å². The van der Waals surface area contributed by atoms with Crippen molar-refractivity contribution in [3.05, 3.63) is 72.1 Å². The minimum absolute atomic E-state index is 0.273. The van der Waals surface area contributed by atoms with E-state index in [0.717, 1.165) is 0 Å². The number of fused-ring (bicyclic) bond motifs is 2. The van der Waals surface area contributed by atoms with Gasteiger partial charge in [-0.2, -0.15) is 0 Å². The molecular weight excluding hydrogens is 282 g/mol. The molecule has 4 rings (SSSR count). The number of para-hydroxylation sites is 2. The lowest BCUT2D eigenvalue weighted by Gasteiger charge is -2.19. The lowest BCUT2D eigenvalue weighted by Crippen LogP contribution is -2.22. The third-order valence-electron chi connectivity index (χ3n) is 4.68. The van der Waals surface area contributed by atoms with Gasteiger partial charge in [0.1, 0.15) is 0 Å². The molecule has 3 N–H and O–H groups in total. The minimum atomic E-state index is 0.273. The van der Waals surface area contributed by atoms with Crippen LogP contribution < -0.4 is 5.32 Å². The third-order valence-corrected chi connectivity index (χ3v) is 4.68. The predicted molar refractivity (Wildman–Crippen MR) is 96.6 cm³/mol. The Labute approximate surface area is 135 Å². The first kappa shape index (κ1) is 14.1. The van der Waals surface area contributed by atoms with E-state index in [-0.39, 0.29) is 12.1 Å². The SMILES string of the molecule is CC(NC(C)c1c[nH]c2ccccc12)c1c[nH]c2ccccc12.